The maximum atomic E-state index is 12.9. The van der Waals surface area contributed by atoms with Crippen LogP contribution in [0.3, 0.4) is 0 Å². The van der Waals surface area contributed by atoms with Crippen molar-refractivity contribution in [3.05, 3.63) is 29.6 Å². The number of rotatable bonds is 3. The first-order chi connectivity index (χ1) is 6.19. The summed E-state index contributed by atoms with van der Waals surface area (Å²) in [4.78, 5) is 0. The highest BCUT2D eigenvalue weighted by Crippen LogP contribution is 2.26. The average Bonchev–Trinajstić information content (AvgIpc) is 2.16. The van der Waals surface area contributed by atoms with Crippen molar-refractivity contribution in [1.82, 2.24) is 0 Å². The molecule has 0 bridgehead atoms. The zero-order valence-electron chi connectivity index (χ0n) is 7.88. The van der Waals surface area contributed by atoms with Crippen molar-refractivity contribution in [1.29, 1.82) is 0 Å². The molecule has 0 aliphatic heterocycles. The Hall–Kier alpha value is -1.09. The second-order valence-electron chi connectivity index (χ2n) is 3.02. The third-order valence-electron chi connectivity index (χ3n) is 2.08. The summed E-state index contributed by atoms with van der Waals surface area (Å²) in [6.07, 6.45) is 0. The molecule has 0 amide bonds. The largest absolute Gasteiger partial charge is 0.496 e. The van der Waals surface area contributed by atoms with E-state index in [1.807, 2.05) is 6.92 Å². The van der Waals surface area contributed by atoms with Gasteiger partial charge in [0.15, 0.2) is 0 Å². The van der Waals surface area contributed by atoms with Gasteiger partial charge in [0.05, 0.1) is 7.11 Å². The molecular formula is C10H14FNO. The Kier molecular flexibility index (Phi) is 3.25. The van der Waals surface area contributed by atoms with Crippen LogP contribution in [0.1, 0.15) is 18.4 Å². The van der Waals surface area contributed by atoms with Crippen molar-refractivity contribution in [2.24, 2.45) is 5.73 Å². The summed E-state index contributed by atoms with van der Waals surface area (Å²) in [6.45, 7) is 2.43. The lowest BCUT2D eigenvalue weighted by Gasteiger charge is -2.13. The maximum absolute atomic E-state index is 12.9. The molecule has 1 aromatic carbocycles. The van der Waals surface area contributed by atoms with Gasteiger partial charge >= 0.3 is 0 Å². The molecule has 0 saturated carbocycles. The van der Waals surface area contributed by atoms with Crippen LogP contribution in [0.4, 0.5) is 4.39 Å². The Morgan fingerprint density at radius 1 is 1.54 bits per heavy atom. The molecule has 0 saturated heterocycles. The van der Waals surface area contributed by atoms with Crippen LogP contribution in [0.25, 0.3) is 0 Å². The highest BCUT2D eigenvalue weighted by Gasteiger charge is 2.10. The molecular weight excluding hydrogens is 169 g/mol. The zero-order chi connectivity index (χ0) is 9.84. The summed E-state index contributed by atoms with van der Waals surface area (Å²) >= 11 is 0. The fraction of sp³-hybridized carbons (Fsp3) is 0.400. The predicted octanol–water partition coefficient (Wildman–Crippen LogP) is 1.90. The van der Waals surface area contributed by atoms with E-state index in [1.54, 1.807) is 13.2 Å². The van der Waals surface area contributed by atoms with Crippen molar-refractivity contribution < 1.29 is 9.13 Å². The number of nitrogens with two attached hydrogens (primary N) is 1. The quantitative estimate of drug-likeness (QED) is 0.776. The van der Waals surface area contributed by atoms with E-state index in [9.17, 15) is 4.39 Å². The van der Waals surface area contributed by atoms with Crippen LogP contribution in [-0.2, 0) is 0 Å². The minimum absolute atomic E-state index is 0.116. The summed E-state index contributed by atoms with van der Waals surface area (Å²) in [7, 11) is 1.57. The summed E-state index contributed by atoms with van der Waals surface area (Å²) in [5.74, 6) is 0.557. The Bertz CT molecular complexity index is 288. The lowest BCUT2D eigenvalue weighted by molar-refractivity contribution is 0.405. The fourth-order valence-corrected chi connectivity index (χ4v) is 1.22. The second-order valence-corrected chi connectivity index (χ2v) is 3.02. The van der Waals surface area contributed by atoms with Gasteiger partial charge in [-0.05, 0) is 30.7 Å². The van der Waals surface area contributed by atoms with Gasteiger partial charge in [-0.1, -0.05) is 6.92 Å². The molecule has 2 nitrogen and oxygen atoms in total. The fourth-order valence-electron chi connectivity index (χ4n) is 1.22. The van der Waals surface area contributed by atoms with E-state index >= 15 is 0 Å². The molecule has 0 heterocycles. The van der Waals surface area contributed by atoms with Crippen molar-refractivity contribution in [2.75, 3.05) is 13.7 Å². The Morgan fingerprint density at radius 3 is 2.77 bits per heavy atom. The molecule has 1 aromatic rings. The smallest absolute Gasteiger partial charge is 0.123 e. The van der Waals surface area contributed by atoms with E-state index < -0.39 is 0 Å². The van der Waals surface area contributed by atoms with Gasteiger partial charge in [-0.3, -0.25) is 0 Å². The van der Waals surface area contributed by atoms with E-state index in [2.05, 4.69) is 0 Å². The number of hydrogen-bond donors (Lipinski definition) is 1. The van der Waals surface area contributed by atoms with Gasteiger partial charge in [0, 0.05) is 5.56 Å². The molecule has 3 heteroatoms. The lowest BCUT2D eigenvalue weighted by Crippen LogP contribution is -2.10. The summed E-state index contributed by atoms with van der Waals surface area (Å²) in [5.41, 5.74) is 6.32. The zero-order valence-corrected chi connectivity index (χ0v) is 7.88. The van der Waals surface area contributed by atoms with Crippen LogP contribution in [0.15, 0.2) is 18.2 Å². The molecule has 0 aromatic heterocycles. The van der Waals surface area contributed by atoms with E-state index in [4.69, 9.17) is 10.5 Å². The Balaban J connectivity index is 3.07. The maximum Gasteiger partial charge on any atom is 0.123 e. The van der Waals surface area contributed by atoms with E-state index in [-0.39, 0.29) is 11.7 Å². The second kappa shape index (κ2) is 4.23. The number of ether oxygens (including phenoxy) is 1. The molecule has 1 rings (SSSR count). The molecule has 0 radical (unpaired) electrons. The molecule has 0 aliphatic rings. The molecule has 72 valence electrons. The summed E-state index contributed by atoms with van der Waals surface area (Å²) < 4.78 is 18.0. The third-order valence-corrected chi connectivity index (χ3v) is 2.08. The van der Waals surface area contributed by atoms with Gasteiger partial charge in [0.2, 0.25) is 0 Å². The van der Waals surface area contributed by atoms with Gasteiger partial charge in [-0.25, -0.2) is 4.39 Å². The molecule has 0 spiro atoms. The highest BCUT2D eigenvalue weighted by atomic mass is 19.1. The standard InChI is InChI=1S/C10H14FNO/c1-7(6-12)9-5-8(11)3-4-10(9)13-2/h3-5,7H,6,12H2,1-2H3/t7-/m0/s1. The SMILES string of the molecule is COc1ccc(F)cc1[C@@H](C)CN. The molecule has 13 heavy (non-hydrogen) atoms. The molecule has 0 unspecified atom stereocenters. The lowest BCUT2D eigenvalue weighted by atomic mass is 10.0. The van der Waals surface area contributed by atoms with Gasteiger partial charge in [0.1, 0.15) is 11.6 Å². The topological polar surface area (TPSA) is 35.2 Å². The molecule has 2 N–H and O–H groups in total. The average molecular weight is 183 g/mol. The number of hydrogen-bond acceptors (Lipinski definition) is 2. The first kappa shape index (κ1) is 9.99. The minimum atomic E-state index is -0.254. The van der Waals surface area contributed by atoms with Crippen LogP contribution in [0.5, 0.6) is 5.75 Å². The number of benzene rings is 1. The van der Waals surface area contributed by atoms with Gasteiger partial charge < -0.3 is 10.5 Å². The molecule has 1 atom stereocenters. The van der Waals surface area contributed by atoms with E-state index in [1.165, 1.54) is 12.1 Å². The summed E-state index contributed by atoms with van der Waals surface area (Å²) in [5, 5.41) is 0. The Morgan fingerprint density at radius 2 is 2.23 bits per heavy atom. The number of methoxy groups -OCH3 is 1. The van der Waals surface area contributed by atoms with E-state index in [0.717, 1.165) is 5.56 Å². The normalized spacial score (nSPS) is 12.6. The van der Waals surface area contributed by atoms with Crippen LogP contribution in [0.2, 0.25) is 0 Å². The third kappa shape index (κ3) is 2.18. The van der Waals surface area contributed by atoms with Crippen LogP contribution in [-0.4, -0.2) is 13.7 Å². The van der Waals surface area contributed by atoms with Crippen molar-refractivity contribution in [2.45, 2.75) is 12.8 Å². The number of halogens is 1. The van der Waals surface area contributed by atoms with Crippen LogP contribution < -0.4 is 10.5 Å². The van der Waals surface area contributed by atoms with Gasteiger partial charge in [0.25, 0.3) is 0 Å². The summed E-state index contributed by atoms with van der Waals surface area (Å²) in [6, 6.07) is 4.47. The minimum Gasteiger partial charge on any atom is -0.496 e. The van der Waals surface area contributed by atoms with Gasteiger partial charge in [-0.2, -0.15) is 0 Å². The van der Waals surface area contributed by atoms with Crippen LogP contribution >= 0.6 is 0 Å². The van der Waals surface area contributed by atoms with Crippen molar-refractivity contribution in [3.63, 3.8) is 0 Å². The van der Waals surface area contributed by atoms with E-state index in [0.29, 0.717) is 12.3 Å². The van der Waals surface area contributed by atoms with Crippen molar-refractivity contribution >= 4 is 0 Å². The highest BCUT2D eigenvalue weighted by molar-refractivity contribution is 5.36. The monoisotopic (exact) mass is 183 g/mol. The predicted molar refractivity (Wildman–Crippen MR) is 50.4 cm³/mol. The van der Waals surface area contributed by atoms with Crippen molar-refractivity contribution in [3.8, 4) is 5.75 Å². The first-order valence-electron chi connectivity index (χ1n) is 4.22. The van der Waals surface area contributed by atoms with Gasteiger partial charge in [-0.15, -0.1) is 0 Å². The Labute approximate surface area is 77.5 Å². The molecule has 0 aliphatic carbocycles. The van der Waals surface area contributed by atoms with Crippen LogP contribution in [0, 0.1) is 5.82 Å². The first-order valence-corrected chi connectivity index (χ1v) is 4.22. The molecule has 0 fully saturated rings.